The van der Waals surface area contributed by atoms with E-state index in [1.54, 1.807) is 6.92 Å². The Morgan fingerprint density at radius 2 is 1.94 bits per heavy atom. The van der Waals surface area contributed by atoms with Gasteiger partial charge >= 0.3 is 5.97 Å². The van der Waals surface area contributed by atoms with Gasteiger partial charge in [0, 0.05) is 0 Å². The molecule has 0 radical (unpaired) electrons. The summed E-state index contributed by atoms with van der Waals surface area (Å²) in [4.78, 5) is 23.0. The number of esters is 1. The highest BCUT2D eigenvalue weighted by molar-refractivity contribution is 5.82. The molecule has 0 fully saturated rings. The first-order chi connectivity index (χ1) is 8.54. The molecule has 2 unspecified atom stereocenters. The Bertz CT molecular complexity index is 404. The van der Waals surface area contributed by atoms with E-state index in [4.69, 9.17) is 5.73 Å². The zero-order valence-corrected chi connectivity index (χ0v) is 10.6. The lowest BCUT2D eigenvalue weighted by Crippen LogP contribution is -2.41. The van der Waals surface area contributed by atoms with Gasteiger partial charge in [0.1, 0.15) is 0 Å². The van der Waals surface area contributed by atoms with E-state index in [9.17, 15) is 9.59 Å². The summed E-state index contributed by atoms with van der Waals surface area (Å²) in [6.45, 7) is 1.59. The molecule has 1 aromatic rings. The van der Waals surface area contributed by atoms with E-state index in [0.29, 0.717) is 0 Å². The number of nitrogens with two attached hydrogens (primary N) is 1. The first-order valence-electron chi connectivity index (χ1n) is 5.72. The number of methoxy groups -OCH3 is 1. The largest absolute Gasteiger partial charge is 0.469 e. The van der Waals surface area contributed by atoms with Crippen molar-refractivity contribution in [1.29, 1.82) is 0 Å². The number of nitrogens with one attached hydrogen (secondary N) is 1. The van der Waals surface area contributed by atoms with Gasteiger partial charge < -0.3 is 15.8 Å². The minimum atomic E-state index is -0.617. The van der Waals surface area contributed by atoms with Crippen LogP contribution in [-0.4, -0.2) is 25.0 Å². The minimum absolute atomic E-state index is 0.0823. The predicted molar refractivity (Wildman–Crippen MR) is 67.6 cm³/mol. The molecular weight excluding hydrogens is 232 g/mol. The van der Waals surface area contributed by atoms with Gasteiger partial charge in [-0.2, -0.15) is 0 Å². The van der Waals surface area contributed by atoms with E-state index >= 15 is 0 Å². The van der Waals surface area contributed by atoms with Gasteiger partial charge in [0.25, 0.3) is 0 Å². The molecule has 0 aliphatic carbocycles. The van der Waals surface area contributed by atoms with Gasteiger partial charge in [-0.3, -0.25) is 9.59 Å². The molecular formula is C13H18N2O3. The number of carbonyl (C=O) groups excluding carboxylic acids is 2. The average molecular weight is 250 g/mol. The second kappa shape index (κ2) is 6.76. The van der Waals surface area contributed by atoms with Crippen LogP contribution in [0.15, 0.2) is 30.3 Å². The van der Waals surface area contributed by atoms with E-state index in [1.807, 2.05) is 30.3 Å². The molecule has 0 spiro atoms. The molecule has 1 aromatic carbocycles. The fraction of sp³-hybridized carbons (Fsp3) is 0.385. The molecule has 18 heavy (non-hydrogen) atoms. The lowest BCUT2D eigenvalue weighted by Gasteiger charge is -2.19. The van der Waals surface area contributed by atoms with Crippen molar-refractivity contribution >= 4 is 11.9 Å². The summed E-state index contributed by atoms with van der Waals surface area (Å²) in [6, 6.07) is 8.21. The molecule has 0 aliphatic rings. The maximum absolute atomic E-state index is 11.6. The van der Waals surface area contributed by atoms with Gasteiger partial charge in [-0.15, -0.1) is 0 Å². The van der Waals surface area contributed by atoms with Crippen molar-refractivity contribution in [2.24, 2.45) is 5.73 Å². The van der Waals surface area contributed by atoms with Crippen molar-refractivity contribution in [3.63, 3.8) is 0 Å². The van der Waals surface area contributed by atoms with Crippen LogP contribution in [0, 0.1) is 0 Å². The minimum Gasteiger partial charge on any atom is -0.469 e. The van der Waals surface area contributed by atoms with Gasteiger partial charge in [-0.1, -0.05) is 30.3 Å². The van der Waals surface area contributed by atoms with Gasteiger partial charge in [-0.05, 0) is 12.5 Å². The number of rotatable bonds is 5. The highest BCUT2D eigenvalue weighted by Gasteiger charge is 2.20. The van der Waals surface area contributed by atoms with Gasteiger partial charge in [0.15, 0.2) is 0 Å². The van der Waals surface area contributed by atoms with E-state index in [-0.39, 0.29) is 18.3 Å². The number of hydrogen-bond donors (Lipinski definition) is 2. The van der Waals surface area contributed by atoms with Crippen LogP contribution in [0.25, 0.3) is 0 Å². The quantitative estimate of drug-likeness (QED) is 0.756. The van der Waals surface area contributed by atoms with Crippen molar-refractivity contribution in [2.75, 3.05) is 7.11 Å². The average Bonchev–Trinajstić information content (AvgIpc) is 2.38. The first-order valence-corrected chi connectivity index (χ1v) is 5.72. The number of benzene rings is 1. The van der Waals surface area contributed by atoms with Crippen LogP contribution >= 0.6 is 0 Å². The van der Waals surface area contributed by atoms with Crippen molar-refractivity contribution in [3.8, 4) is 0 Å². The van der Waals surface area contributed by atoms with Crippen molar-refractivity contribution < 1.29 is 14.3 Å². The van der Waals surface area contributed by atoms with E-state index < -0.39 is 12.1 Å². The smallest absolute Gasteiger partial charge is 0.307 e. The lowest BCUT2D eigenvalue weighted by molar-refractivity contribution is -0.141. The van der Waals surface area contributed by atoms with Crippen molar-refractivity contribution in [2.45, 2.75) is 25.4 Å². The zero-order valence-electron chi connectivity index (χ0n) is 10.6. The normalized spacial score (nSPS) is 13.5. The molecule has 0 saturated carbocycles. The number of amides is 1. The summed E-state index contributed by atoms with van der Waals surface area (Å²) < 4.78 is 4.62. The van der Waals surface area contributed by atoms with Gasteiger partial charge in [0.2, 0.25) is 5.91 Å². The molecule has 5 heteroatoms. The molecule has 5 nitrogen and oxygen atoms in total. The van der Waals surface area contributed by atoms with E-state index in [0.717, 1.165) is 5.56 Å². The fourth-order valence-electron chi connectivity index (χ4n) is 1.49. The second-order valence-electron chi connectivity index (χ2n) is 4.04. The summed E-state index contributed by atoms with van der Waals surface area (Å²) in [7, 11) is 1.32. The maximum Gasteiger partial charge on any atom is 0.307 e. The Balaban J connectivity index is 2.82. The van der Waals surface area contributed by atoms with Crippen LogP contribution in [0.4, 0.5) is 0 Å². The van der Waals surface area contributed by atoms with E-state index in [2.05, 4.69) is 10.1 Å². The van der Waals surface area contributed by atoms with Crippen molar-refractivity contribution in [1.82, 2.24) is 5.32 Å². The monoisotopic (exact) mass is 250 g/mol. The van der Waals surface area contributed by atoms with Crippen LogP contribution in [0.5, 0.6) is 0 Å². The second-order valence-corrected chi connectivity index (χ2v) is 4.04. The van der Waals surface area contributed by atoms with E-state index in [1.165, 1.54) is 7.11 Å². The Morgan fingerprint density at radius 3 is 2.44 bits per heavy atom. The van der Waals surface area contributed by atoms with Crippen LogP contribution in [-0.2, 0) is 14.3 Å². The molecule has 98 valence electrons. The molecule has 0 aromatic heterocycles. The molecule has 0 heterocycles. The van der Waals surface area contributed by atoms with Crippen LogP contribution in [0.3, 0.4) is 0 Å². The SMILES string of the molecule is COC(=O)CC(NC(=O)C(C)N)c1ccccc1. The third kappa shape index (κ3) is 4.18. The predicted octanol–water partition coefficient (Wildman–Crippen LogP) is 0.754. The Labute approximate surface area is 106 Å². The molecule has 0 bridgehead atoms. The third-order valence-corrected chi connectivity index (χ3v) is 2.53. The summed E-state index contributed by atoms with van der Waals surface area (Å²) in [5.74, 6) is -0.679. The Morgan fingerprint density at radius 1 is 1.33 bits per heavy atom. The van der Waals surface area contributed by atoms with Crippen LogP contribution in [0.2, 0.25) is 0 Å². The standard InChI is InChI=1S/C13H18N2O3/c1-9(14)13(17)15-11(8-12(16)18-2)10-6-4-3-5-7-10/h3-7,9,11H,8,14H2,1-2H3,(H,15,17). The summed E-state index contributed by atoms with van der Waals surface area (Å²) in [5, 5.41) is 2.73. The highest BCUT2D eigenvalue weighted by Crippen LogP contribution is 2.17. The zero-order chi connectivity index (χ0) is 13.5. The van der Waals surface area contributed by atoms with Gasteiger partial charge in [-0.25, -0.2) is 0 Å². The molecule has 3 N–H and O–H groups in total. The number of hydrogen-bond acceptors (Lipinski definition) is 4. The number of ether oxygens (including phenoxy) is 1. The molecule has 1 rings (SSSR count). The topological polar surface area (TPSA) is 81.4 Å². The van der Waals surface area contributed by atoms with Crippen molar-refractivity contribution in [3.05, 3.63) is 35.9 Å². The Hall–Kier alpha value is -1.88. The van der Waals surface area contributed by atoms with Crippen LogP contribution in [0.1, 0.15) is 24.9 Å². The number of carbonyl (C=O) groups is 2. The first kappa shape index (κ1) is 14.2. The molecule has 0 saturated heterocycles. The summed E-state index contributed by atoms with van der Waals surface area (Å²) >= 11 is 0. The summed E-state index contributed by atoms with van der Waals surface area (Å²) in [5.41, 5.74) is 6.34. The third-order valence-electron chi connectivity index (χ3n) is 2.53. The van der Waals surface area contributed by atoms with Crippen LogP contribution < -0.4 is 11.1 Å². The molecule has 0 aliphatic heterocycles. The van der Waals surface area contributed by atoms with Gasteiger partial charge in [0.05, 0.1) is 25.6 Å². The highest BCUT2D eigenvalue weighted by atomic mass is 16.5. The summed E-state index contributed by atoms with van der Waals surface area (Å²) in [6.07, 6.45) is 0.0823. The molecule has 2 atom stereocenters. The Kier molecular flexibility index (Phi) is 5.32. The molecule has 1 amide bonds. The lowest BCUT2D eigenvalue weighted by atomic mass is 10.0. The maximum atomic E-state index is 11.6. The fourth-order valence-corrected chi connectivity index (χ4v) is 1.49.